The van der Waals surface area contributed by atoms with E-state index in [1.165, 1.54) is 24.3 Å². The van der Waals surface area contributed by atoms with Crippen LogP contribution >= 0.6 is 11.6 Å². The Balaban J connectivity index is 2.45. The van der Waals surface area contributed by atoms with Crippen molar-refractivity contribution in [1.29, 1.82) is 5.26 Å². The monoisotopic (exact) mass is 361 g/mol. The van der Waals surface area contributed by atoms with E-state index in [1.807, 2.05) is 6.07 Å². The van der Waals surface area contributed by atoms with Gasteiger partial charge in [0.1, 0.15) is 10.6 Å². The van der Waals surface area contributed by atoms with Gasteiger partial charge in [0.05, 0.1) is 17.2 Å². The summed E-state index contributed by atoms with van der Waals surface area (Å²) in [5.74, 6) is -0.216. The first-order valence-corrected chi connectivity index (χ1v) is 7.73. The Morgan fingerprint density at radius 1 is 1.09 bits per heavy atom. The lowest BCUT2D eigenvalue weighted by atomic mass is 10.2. The summed E-state index contributed by atoms with van der Waals surface area (Å²) in [5, 5.41) is 8.39. The maximum Gasteiger partial charge on any atom is 0.417 e. The van der Waals surface area contributed by atoms with Crippen LogP contribution in [0.3, 0.4) is 0 Å². The highest BCUT2D eigenvalue weighted by molar-refractivity contribution is 7.87. The van der Waals surface area contributed by atoms with Gasteiger partial charge < -0.3 is 4.18 Å². The van der Waals surface area contributed by atoms with Crippen molar-refractivity contribution >= 4 is 21.7 Å². The van der Waals surface area contributed by atoms with Gasteiger partial charge >= 0.3 is 16.3 Å². The minimum atomic E-state index is -4.92. The lowest BCUT2D eigenvalue weighted by molar-refractivity contribution is -0.139. The molecule has 0 atom stereocenters. The van der Waals surface area contributed by atoms with Gasteiger partial charge in [0.15, 0.2) is 0 Å². The average molecular weight is 362 g/mol. The lowest BCUT2D eigenvalue weighted by Gasteiger charge is -2.14. The second kappa shape index (κ2) is 6.10. The maximum atomic E-state index is 13.0. The Kier molecular flexibility index (Phi) is 4.54. The molecular formula is C14H7ClF3NO3S. The van der Waals surface area contributed by atoms with Gasteiger partial charge in [-0.2, -0.15) is 26.9 Å². The number of benzene rings is 2. The normalized spacial score (nSPS) is 11.8. The molecule has 0 unspecified atom stereocenters. The maximum absolute atomic E-state index is 13.0. The Hall–Kier alpha value is -2.24. The van der Waals surface area contributed by atoms with E-state index < -0.39 is 26.8 Å². The second-order valence-corrected chi connectivity index (χ2v) is 6.26. The number of nitriles is 1. The topological polar surface area (TPSA) is 67.2 Å². The first-order valence-electron chi connectivity index (χ1n) is 5.95. The number of hydrogen-bond donors (Lipinski definition) is 0. The summed E-state index contributed by atoms with van der Waals surface area (Å²) in [6.45, 7) is 0. The smallest absolute Gasteiger partial charge is 0.379 e. The van der Waals surface area contributed by atoms with Crippen LogP contribution in [0, 0.1) is 11.3 Å². The largest absolute Gasteiger partial charge is 0.417 e. The van der Waals surface area contributed by atoms with Crippen molar-refractivity contribution in [3.63, 3.8) is 0 Å². The highest BCUT2D eigenvalue weighted by Crippen LogP contribution is 2.36. The molecule has 0 amide bonds. The molecule has 2 aromatic carbocycles. The first-order chi connectivity index (χ1) is 10.6. The number of alkyl halides is 3. The van der Waals surface area contributed by atoms with Crippen LogP contribution in [-0.2, 0) is 16.3 Å². The van der Waals surface area contributed by atoms with Crippen LogP contribution in [0.15, 0.2) is 47.4 Å². The summed E-state index contributed by atoms with van der Waals surface area (Å²) in [5.41, 5.74) is -1.17. The number of halogens is 4. The Labute approximate surface area is 134 Å². The quantitative estimate of drug-likeness (QED) is 0.775. The zero-order chi connectivity index (χ0) is 17.3. The summed E-state index contributed by atoms with van der Waals surface area (Å²) in [6.07, 6.45) is -4.92. The van der Waals surface area contributed by atoms with E-state index in [1.54, 1.807) is 0 Å². The molecule has 0 radical (unpaired) electrons. The molecule has 23 heavy (non-hydrogen) atoms. The molecule has 2 rings (SSSR count). The molecule has 0 aliphatic rings. The molecule has 0 saturated heterocycles. The fourth-order valence-electron chi connectivity index (χ4n) is 1.70. The van der Waals surface area contributed by atoms with Gasteiger partial charge in [-0.1, -0.05) is 11.6 Å². The van der Waals surface area contributed by atoms with E-state index in [0.29, 0.717) is 6.07 Å². The second-order valence-electron chi connectivity index (χ2n) is 4.31. The van der Waals surface area contributed by atoms with Crippen LogP contribution in [0.1, 0.15) is 11.1 Å². The van der Waals surface area contributed by atoms with Gasteiger partial charge in [0.25, 0.3) is 0 Å². The first kappa shape index (κ1) is 17.1. The molecule has 4 nitrogen and oxygen atoms in total. The van der Waals surface area contributed by atoms with Crippen LogP contribution in [-0.4, -0.2) is 8.42 Å². The van der Waals surface area contributed by atoms with Gasteiger partial charge in [0.2, 0.25) is 0 Å². The molecular weight excluding hydrogens is 355 g/mol. The van der Waals surface area contributed by atoms with Crippen LogP contribution in [0.4, 0.5) is 13.2 Å². The molecule has 0 aromatic heterocycles. The number of nitrogens with zero attached hydrogens (tertiary/aromatic N) is 1. The molecule has 0 bridgehead atoms. The standard InChI is InChI=1S/C14H7ClF3NO3S/c15-10-3-6-13(12(7-10)14(16,17)18)23(20,21)22-11-4-1-9(8-19)2-5-11/h1-7H. The lowest BCUT2D eigenvalue weighted by Crippen LogP contribution is -2.17. The summed E-state index contributed by atoms with van der Waals surface area (Å²) in [4.78, 5) is -1.04. The van der Waals surface area contributed by atoms with Crippen molar-refractivity contribution in [3.8, 4) is 11.8 Å². The molecule has 0 spiro atoms. The minimum absolute atomic E-state index is 0.216. The highest BCUT2D eigenvalue weighted by atomic mass is 35.5. The highest BCUT2D eigenvalue weighted by Gasteiger charge is 2.38. The predicted octanol–water partition coefficient (Wildman–Crippen LogP) is 4.00. The van der Waals surface area contributed by atoms with Gasteiger partial charge in [-0.25, -0.2) is 0 Å². The van der Waals surface area contributed by atoms with Crippen molar-refractivity contribution in [1.82, 2.24) is 0 Å². The van der Waals surface area contributed by atoms with Gasteiger partial charge in [-0.05, 0) is 42.5 Å². The van der Waals surface area contributed by atoms with Crippen LogP contribution in [0.5, 0.6) is 5.75 Å². The number of hydrogen-bond acceptors (Lipinski definition) is 4. The molecule has 2 aromatic rings. The molecule has 0 N–H and O–H groups in total. The van der Waals surface area contributed by atoms with E-state index in [4.69, 9.17) is 16.9 Å². The fraction of sp³-hybridized carbons (Fsp3) is 0.0714. The average Bonchev–Trinajstić information content (AvgIpc) is 2.46. The predicted molar refractivity (Wildman–Crippen MR) is 75.4 cm³/mol. The number of rotatable bonds is 3. The Morgan fingerprint density at radius 3 is 2.22 bits per heavy atom. The fourth-order valence-corrected chi connectivity index (χ4v) is 3.00. The van der Waals surface area contributed by atoms with Crippen molar-refractivity contribution in [2.75, 3.05) is 0 Å². The van der Waals surface area contributed by atoms with E-state index in [0.717, 1.165) is 12.1 Å². The van der Waals surface area contributed by atoms with Crippen LogP contribution in [0.2, 0.25) is 5.02 Å². The third-order valence-corrected chi connectivity index (χ3v) is 4.25. The summed E-state index contributed by atoms with van der Waals surface area (Å²) >= 11 is 5.50. The van der Waals surface area contributed by atoms with Crippen LogP contribution < -0.4 is 4.18 Å². The van der Waals surface area contributed by atoms with Crippen molar-refractivity contribution in [2.24, 2.45) is 0 Å². The molecule has 9 heteroatoms. The van der Waals surface area contributed by atoms with Crippen molar-refractivity contribution in [3.05, 3.63) is 58.6 Å². The van der Waals surface area contributed by atoms with Gasteiger partial charge in [-0.15, -0.1) is 0 Å². The van der Waals surface area contributed by atoms with E-state index >= 15 is 0 Å². The van der Waals surface area contributed by atoms with Crippen molar-refractivity contribution in [2.45, 2.75) is 11.1 Å². The van der Waals surface area contributed by atoms with E-state index in [-0.39, 0.29) is 16.3 Å². The molecule has 0 aliphatic carbocycles. The minimum Gasteiger partial charge on any atom is -0.379 e. The van der Waals surface area contributed by atoms with Crippen molar-refractivity contribution < 1.29 is 25.8 Å². The SMILES string of the molecule is N#Cc1ccc(OS(=O)(=O)c2ccc(Cl)cc2C(F)(F)F)cc1. The zero-order valence-corrected chi connectivity index (χ0v) is 12.7. The van der Waals surface area contributed by atoms with Gasteiger partial charge in [0, 0.05) is 5.02 Å². The summed E-state index contributed by atoms with van der Waals surface area (Å²) in [6, 6.07) is 8.95. The summed E-state index contributed by atoms with van der Waals surface area (Å²) < 4.78 is 67.8. The van der Waals surface area contributed by atoms with Gasteiger partial charge in [-0.3, -0.25) is 0 Å². The molecule has 0 heterocycles. The van der Waals surface area contributed by atoms with E-state index in [9.17, 15) is 21.6 Å². The molecule has 0 fully saturated rings. The van der Waals surface area contributed by atoms with E-state index in [2.05, 4.69) is 4.18 Å². The molecule has 0 aliphatic heterocycles. The Morgan fingerprint density at radius 2 is 1.70 bits per heavy atom. The third-order valence-electron chi connectivity index (χ3n) is 2.71. The third kappa shape index (κ3) is 3.94. The summed E-state index contributed by atoms with van der Waals surface area (Å²) in [7, 11) is -4.73. The zero-order valence-electron chi connectivity index (χ0n) is 11.1. The molecule has 120 valence electrons. The Bertz CT molecular complexity index is 872. The molecule has 0 saturated carbocycles. The van der Waals surface area contributed by atoms with Crippen LogP contribution in [0.25, 0.3) is 0 Å².